The van der Waals surface area contributed by atoms with Crippen LogP contribution in [0.25, 0.3) is 5.65 Å². The number of fused-ring (bicyclic) bond motifs is 1. The second kappa shape index (κ2) is 6.35. The first kappa shape index (κ1) is 15.4. The molecule has 0 spiro atoms. The predicted molar refractivity (Wildman–Crippen MR) is 86.9 cm³/mol. The van der Waals surface area contributed by atoms with Gasteiger partial charge in [-0.15, -0.1) is 14.8 Å². The molecule has 0 aliphatic carbocycles. The smallest absolute Gasteiger partial charge is 0.243 e. The summed E-state index contributed by atoms with van der Waals surface area (Å²) < 4.78 is 1.29. The van der Waals surface area contributed by atoms with E-state index in [0.717, 1.165) is 0 Å². The number of anilines is 2. The normalized spacial score (nSPS) is 10.7. The van der Waals surface area contributed by atoms with Gasteiger partial charge in [-0.25, -0.2) is 0 Å². The molecule has 3 aromatic rings. The van der Waals surface area contributed by atoms with Crippen LogP contribution in [-0.2, 0) is 4.79 Å². The number of hydrogen-bond acceptors (Lipinski definition) is 6. The molecule has 0 aliphatic heterocycles. The maximum atomic E-state index is 12.1. The van der Waals surface area contributed by atoms with Gasteiger partial charge in [0.25, 0.3) is 0 Å². The zero-order valence-corrected chi connectivity index (χ0v) is 13.5. The standard InChI is InChI=1S/C13H11Cl2N7O/c1-21(12-5-4-11-17-19-20-22(11)18-12)7-13(23)16-8-2-3-9(14)10(15)6-8/h2-6H,7H2,1H3,(H,16,23). The van der Waals surface area contributed by atoms with E-state index in [0.29, 0.717) is 27.2 Å². The molecule has 2 aromatic heterocycles. The summed E-state index contributed by atoms with van der Waals surface area (Å²) in [4.78, 5) is 13.8. The lowest BCUT2D eigenvalue weighted by Gasteiger charge is -2.17. The van der Waals surface area contributed by atoms with Gasteiger partial charge in [-0.2, -0.15) is 0 Å². The molecule has 1 N–H and O–H groups in total. The van der Waals surface area contributed by atoms with E-state index in [-0.39, 0.29) is 12.5 Å². The average molecular weight is 352 g/mol. The van der Waals surface area contributed by atoms with Gasteiger partial charge in [-0.1, -0.05) is 23.2 Å². The monoisotopic (exact) mass is 351 g/mol. The first-order valence-electron chi connectivity index (χ1n) is 6.54. The van der Waals surface area contributed by atoms with Gasteiger partial charge in [-0.3, -0.25) is 4.79 Å². The molecule has 0 fully saturated rings. The summed E-state index contributed by atoms with van der Waals surface area (Å²) in [5.74, 6) is 0.346. The van der Waals surface area contributed by atoms with Crippen molar-refractivity contribution in [3.63, 3.8) is 0 Å². The first-order chi connectivity index (χ1) is 11.0. The number of amides is 1. The molecule has 1 aromatic carbocycles. The minimum absolute atomic E-state index is 0.0981. The summed E-state index contributed by atoms with van der Waals surface area (Å²) in [6, 6.07) is 8.34. The van der Waals surface area contributed by atoms with E-state index in [1.54, 1.807) is 42.3 Å². The minimum Gasteiger partial charge on any atom is -0.349 e. The predicted octanol–water partition coefficient (Wildman–Crippen LogP) is 1.90. The van der Waals surface area contributed by atoms with Crippen LogP contribution in [0.1, 0.15) is 0 Å². The van der Waals surface area contributed by atoms with Crippen molar-refractivity contribution in [1.82, 2.24) is 25.3 Å². The van der Waals surface area contributed by atoms with Crippen molar-refractivity contribution in [3.8, 4) is 0 Å². The van der Waals surface area contributed by atoms with E-state index in [4.69, 9.17) is 23.2 Å². The van der Waals surface area contributed by atoms with Crippen molar-refractivity contribution >= 4 is 46.3 Å². The van der Waals surface area contributed by atoms with Crippen LogP contribution in [-0.4, -0.2) is 44.8 Å². The molecule has 0 atom stereocenters. The topological polar surface area (TPSA) is 88.3 Å². The number of nitrogens with zero attached hydrogens (tertiary/aromatic N) is 6. The number of nitrogens with one attached hydrogen (secondary N) is 1. The number of carbonyl (C=O) groups is 1. The third-order valence-corrected chi connectivity index (χ3v) is 3.77. The molecule has 0 saturated carbocycles. The molecular weight excluding hydrogens is 341 g/mol. The van der Waals surface area contributed by atoms with E-state index in [2.05, 4.69) is 25.9 Å². The fourth-order valence-corrected chi connectivity index (χ4v) is 2.21. The zero-order chi connectivity index (χ0) is 16.4. The molecule has 3 rings (SSSR count). The van der Waals surface area contributed by atoms with Crippen molar-refractivity contribution in [3.05, 3.63) is 40.4 Å². The third kappa shape index (κ3) is 3.49. The Morgan fingerprint density at radius 3 is 2.87 bits per heavy atom. The fraction of sp³-hybridized carbons (Fsp3) is 0.154. The number of aromatic nitrogens is 5. The molecule has 118 valence electrons. The van der Waals surface area contributed by atoms with Gasteiger partial charge in [0.1, 0.15) is 0 Å². The Morgan fingerprint density at radius 1 is 1.26 bits per heavy atom. The number of halogens is 2. The summed E-state index contributed by atoms with van der Waals surface area (Å²) in [5, 5.41) is 18.8. The minimum atomic E-state index is -0.218. The van der Waals surface area contributed by atoms with Crippen LogP contribution in [0.5, 0.6) is 0 Å². The van der Waals surface area contributed by atoms with Crippen molar-refractivity contribution in [1.29, 1.82) is 0 Å². The third-order valence-electron chi connectivity index (χ3n) is 3.03. The highest BCUT2D eigenvalue weighted by atomic mass is 35.5. The van der Waals surface area contributed by atoms with Crippen LogP contribution >= 0.6 is 23.2 Å². The van der Waals surface area contributed by atoms with E-state index in [1.165, 1.54) is 4.63 Å². The van der Waals surface area contributed by atoms with Crippen LogP contribution < -0.4 is 10.2 Å². The van der Waals surface area contributed by atoms with Gasteiger partial charge in [0.05, 0.1) is 16.6 Å². The van der Waals surface area contributed by atoms with E-state index >= 15 is 0 Å². The second-order valence-corrected chi connectivity index (χ2v) is 5.57. The summed E-state index contributed by atoms with van der Waals surface area (Å²) in [6.07, 6.45) is 0. The van der Waals surface area contributed by atoms with E-state index in [1.807, 2.05) is 0 Å². The maximum absolute atomic E-state index is 12.1. The highest BCUT2D eigenvalue weighted by molar-refractivity contribution is 6.42. The number of carbonyl (C=O) groups excluding carboxylic acids is 1. The van der Waals surface area contributed by atoms with Gasteiger partial charge in [0.2, 0.25) is 5.91 Å². The van der Waals surface area contributed by atoms with E-state index < -0.39 is 0 Å². The molecule has 0 radical (unpaired) electrons. The molecule has 1 amide bonds. The summed E-state index contributed by atoms with van der Waals surface area (Å²) in [7, 11) is 1.74. The van der Waals surface area contributed by atoms with Crippen LogP contribution in [0.15, 0.2) is 30.3 Å². The van der Waals surface area contributed by atoms with Crippen LogP contribution in [0, 0.1) is 0 Å². The Morgan fingerprint density at radius 2 is 2.09 bits per heavy atom. The second-order valence-electron chi connectivity index (χ2n) is 4.75. The molecule has 0 aliphatic rings. The van der Waals surface area contributed by atoms with Crippen LogP contribution in [0.2, 0.25) is 10.0 Å². The Labute approximate surface area is 141 Å². The highest BCUT2D eigenvalue weighted by Gasteiger charge is 2.11. The molecule has 0 bridgehead atoms. The van der Waals surface area contributed by atoms with Gasteiger partial charge in [-0.05, 0) is 40.8 Å². The summed E-state index contributed by atoms with van der Waals surface area (Å²) in [5.41, 5.74) is 1.10. The molecule has 0 saturated heterocycles. The summed E-state index contributed by atoms with van der Waals surface area (Å²) in [6.45, 7) is 0.0981. The largest absolute Gasteiger partial charge is 0.349 e. The molecule has 2 heterocycles. The van der Waals surface area contributed by atoms with E-state index in [9.17, 15) is 4.79 Å². The number of tetrazole rings is 1. The maximum Gasteiger partial charge on any atom is 0.243 e. The Hall–Kier alpha value is -2.45. The lowest BCUT2D eigenvalue weighted by Crippen LogP contribution is -2.31. The number of rotatable bonds is 4. The highest BCUT2D eigenvalue weighted by Crippen LogP contribution is 2.25. The van der Waals surface area contributed by atoms with Gasteiger partial charge in [0.15, 0.2) is 11.5 Å². The Bertz CT molecular complexity index is 866. The van der Waals surface area contributed by atoms with Gasteiger partial charge >= 0.3 is 0 Å². The number of hydrogen-bond donors (Lipinski definition) is 1. The van der Waals surface area contributed by atoms with Crippen molar-refractivity contribution in [2.24, 2.45) is 0 Å². The first-order valence-corrected chi connectivity index (χ1v) is 7.30. The quantitative estimate of drug-likeness (QED) is 0.772. The zero-order valence-electron chi connectivity index (χ0n) is 11.9. The Kier molecular flexibility index (Phi) is 4.26. The van der Waals surface area contributed by atoms with Crippen molar-refractivity contribution in [2.45, 2.75) is 0 Å². The molecule has 23 heavy (non-hydrogen) atoms. The molecule has 8 nitrogen and oxygen atoms in total. The summed E-state index contributed by atoms with van der Waals surface area (Å²) >= 11 is 11.8. The van der Waals surface area contributed by atoms with Crippen LogP contribution in [0.4, 0.5) is 11.5 Å². The SMILES string of the molecule is CN(CC(=O)Nc1ccc(Cl)c(Cl)c1)c1ccc2nnnn2n1. The van der Waals surface area contributed by atoms with Crippen molar-refractivity contribution in [2.75, 3.05) is 23.8 Å². The van der Waals surface area contributed by atoms with Crippen molar-refractivity contribution < 1.29 is 4.79 Å². The number of benzene rings is 1. The molecule has 0 unspecified atom stereocenters. The molecule has 10 heteroatoms. The fourth-order valence-electron chi connectivity index (χ4n) is 1.91. The lowest BCUT2D eigenvalue weighted by molar-refractivity contribution is -0.114. The molecular formula is C13H11Cl2N7O. The van der Waals surface area contributed by atoms with Gasteiger partial charge < -0.3 is 10.2 Å². The average Bonchev–Trinajstić information content (AvgIpc) is 2.98. The van der Waals surface area contributed by atoms with Crippen LogP contribution in [0.3, 0.4) is 0 Å². The Balaban J connectivity index is 1.67. The number of likely N-dealkylation sites (N-methyl/N-ethyl adjacent to an activating group) is 1. The lowest BCUT2D eigenvalue weighted by atomic mass is 10.3. The van der Waals surface area contributed by atoms with Gasteiger partial charge in [0, 0.05) is 12.7 Å².